The fourth-order valence-corrected chi connectivity index (χ4v) is 1.99. The van der Waals surface area contributed by atoms with E-state index in [1.54, 1.807) is 18.2 Å². The van der Waals surface area contributed by atoms with Crippen LogP contribution in [0.25, 0.3) is 11.1 Å². The Hall–Kier alpha value is -1.38. The minimum absolute atomic E-state index is 0.120. The van der Waals surface area contributed by atoms with E-state index in [2.05, 4.69) is 0 Å². The number of benzene rings is 2. The Bertz CT molecular complexity index is 579. The van der Waals surface area contributed by atoms with Gasteiger partial charge in [-0.25, -0.2) is 4.39 Å². The molecule has 1 unspecified atom stereocenters. The summed E-state index contributed by atoms with van der Waals surface area (Å²) in [5, 5.41) is 0.637. The van der Waals surface area contributed by atoms with Crippen LogP contribution in [0, 0.1) is 12.7 Å². The minimum Gasteiger partial charge on any atom is -0.324 e. The Morgan fingerprint density at radius 1 is 1.17 bits per heavy atom. The topological polar surface area (TPSA) is 26.0 Å². The molecular formula is C15H15ClFN. The van der Waals surface area contributed by atoms with E-state index in [-0.39, 0.29) is 11.9 Å². The van der Waals surface area contributed by atoms with E-state index < -0.39 is 0 Å². The van der Waals surface area contributed by atoms with Crippen LogP contribution in [-0.4, -0.2) is 0 Å². The first-order valence-corrected chi connectivity index (χ1v) is 6.18. The van der Waals surface area contributed by atoms with Crippen LogP contribution in [0.2, 0.25) is 5.02 Å². The molecule has 0 spiro atoms. The van der Waals surface area contributed by atoms with Gasteiger partial charge in [-0.2, -0.15) is 0 Å². The van der Waals surface area contributed by atoms with Gasteiger partial charge < -0.3 is 5.73 Å². The maximum absolute atomic E-state index is 13.9. The van der Waals surface area contributed by atoms with Gasteiger partial charge in [-0.05, 0) is 48.7 Å². The summed E-state index contributed by atoms with van der Waals surface area (Å²) < 4.78 is 13.9. The van der Waals surface area contributed by atoms with Crippen molar-refractivity contribution >= 4 is 11.6 Å². The molecule has 0 aliphatic heterocycles. The van der Waals surface area contributed by atoms with Crippen molar-refractivity contribution in [2.24, 2.45) is 5.73 Å². The van der Waals surface area contributed by atoms with Crippen LogP contribution in [0.5, 0.6) is 0 Å². The lowest BCUT2D eigenvalue weighted by atomic mass is 9.99. The van der Waals surface area contributed by atoms with Gasteiger partial charge in [-0.1, -0.05) is 29.8 Å². The minimum atomic E-state index is -0.265. The molecule has 1 nitrogen and oxygen atoms in total. The van der Waals surface area contributed by atoms with Crippen molar-refractivity contribution in [2.45, 2.75) is 19.9 Å². The predicted octanol–water partition coefficient (Wildman–Crippen LogP) is 4.47. The van der Waals surface area contributed by atoms with Gasteiger partial charge in [0.15, 0.2) is 0 Å². The van der Waals surface area contributed by atoms with Crippen LogP contribution in [0.15, 0.2) is 36.4 Å². The number of nitrogens with two attached hydrogens (primary N) is 1. The summed E-state index contributed by atoms with van der Waals surface area (Å²) in [4.78, 5) is 0. The summed E-state index contributed by atoms with van der Waals surface area (Å²) in [7, 11) is 0. The lowest BCUT2D eigenvalue weighted by Crippen LogP contribution is -2.05. The van der Waals surface area contributed by atoms with Crippen LogP contribution >= 0.6 is 11.6 Å². The summed E-state index contributed by atoms with van der Waals surface area (Å²) in [6.45, 7) is 3.79. The van der Waals surface area contributed by atoms with E-state index in [9.17, 15) is 4.39 Å². The molecule has 94 valence electrons. The Morgan fingerprint density at radius 2 is 1.89 bits per heavy atom. The molecule has 0 saturated carbocycles. The van der Waals surface area contributed by atoms with E-state index in [1.807, 2.05) is 26.0 Å². The monoisotopic (exact) mass is 263 g/mol. The van der Waals surface area contributed by atoms with E-state index in [0.29, 0.717) is 10.6 Å². The van der Waals surface area contributed by atoms with Crippen LogP contribution in [0.3, 0.4) is 0 Å². The maximum atomic E-state index is 13.9. The SMILES string of the molecule is Cc1ccc(-c2cc(C(C)N)ccc2F)cc1Cl. The Morgan fingerprint density at radius 3 is 2.50 bits per heavy atom. The highest BCUT2D eigenvalue weighted by Gasteiger charge is 2.09. The lowest BCUT2D eigenvalue weighted by molar-refractivity contribution is 0.629. The van der Waals surface area contributed by atoms with Crippen molar-refractivity contribution in [3.05, 3.63) is 58.4 Å². The second-order valence-corrected chi connectivity index (χ2v) is 4.90. The molecule has 0 heterocycles. The van der Waals surface area contributed by atoms with Gasteiger partial charge >= 0.3 is 0 Å². The summed E-state index contributed by atoms with van der Waals surface area (Å²) in [5.41, 5.74) is 9.00. The standard InChI is InChI=1S/C15H15ClFN/c1-9-3-4-12(8-14(9)16)13-7-11(10(2)18)5-6-15(13)17/h3-8,10H,18H2,1-2H3. The van der Waals surface area contributed by atoms with Gasteiger partial charge in [0.25, 0.3) is 0 Å². The van der Waals surface area contributed by atoms with E-state index >= 15 is 0 Å². The average molecular weight is 264 g/mol. The summed E-state index contributed by atoms with van der Waals surface area (Å²) >= 11 is 6.07. The van der Waals surface area contributed by atoms with Gasteiger partial charge in [-0.15, -0.1) is 0 Å². The van der Waals surface area contributed by atoms with Crippen molar-refractivity contribution in [3.8, 4) is 11.1 Å². The molecular weight excluding hydrogens is 249 g/mol. The zero-order valence-electron chi connectivity index (χ0n) is 10.4. The van der Waals surface area contributed by atoms with Gasteiger partial charge in [0.05, 0.1) is 0 Å². The van der Waals surface area contributed by atoms with Crippen LogP contribution in [-0.2, 0) is 0 Å². The number of hydrogen-bond donors (Lipinski definition) is 1. The van der Waals surface area contributed by atoms with Gasteiger partial charge in [0, 0.05) is 16.6 Å². The van der Waals surface area contributed by atoms with Gasteiger partial charge in [-0.3, -0.25) is 0 Å². The quantitative estimate of drug-likeness (QED) is 0.850. The highest BCUT2D eigenvalue weighted by atomic mass is 35.5. The first-order chi connectivity index (χ1) is 8.49. The third kappa shape index (κ3) is 2.55. The molecule has 2 aromatic rings. The number of hydrogen-bond acceptors (Lipinski definition) is 1. The normalized spacial score (nSPS) is 12.5. The Labute approximate surface area is 111 Å². The third-order valence-corrected chi connectivity index (χ3v) is 3.41. The van der Waals surface area contributed by atoms with Crippen molar-refractivity contribution in [3.63, 3.8) is 0 Å². The van der Waals surface area contributed by atoms with Crippen LogP contribution in [0.4, 0.5) is 4.39 Å². The number of rotatable bonds is 2. The first kappa shape index (κ1) is 13.1. The van der Waals surface area contributed by atoms with Crippen LogP contribution < -0.4 is 5.73 Å². The molecule has 0 saturated heterocycles. The summed E-state index contributed by atoms with van der Waals surface area (Å²) in [6.07, 6.45) is 0. The summed E-state index contributed by atoms with van der Waals surface area (Å²) in [6, 6.07) is 10.3. The first-order valence-electron chi connectivity index (χ1n) is 5.80. The third-order valence-electron chi connectivity index (χ3n) is 3.00. The zero-order valence-corrected chi connectivity index (χ0v) is 11.1. The molecule has 1 atom stereocenters. The van der Waals surface area contributed by atoms with Crippen molar-refractivity contribution in [2.75, 3.05) is 0 Å². The summed E-state index contributed by atoms with van der Waals surface area (Å²) in [5.74, 6) is -0.265. The van der Waals surface area contributed by atoms with Crippen molar-refractivity contribution < 1.29 is 4.39 Å². The molecule has 0 amide bonds. The maximum Gasteiger partial charge on any atom is 0.131 e. The molecule has 18 heavy (non-hydrogen) atoms. The average Bonchev–Trinajstić information content (AvgIpc) is 2.33. The van der Waals surface area contributed by atoms with Crippen molar-refractivity contribution in [1.82, 2.24) is 0 Å². The molecule has 2 rings (SSSR count). The smallest absolute Gasteiger partial charge is 0.131 e. The molecule has 0 aromatic heterocycles. The largest absolute Gasteiger partial charge is 0.324 e. The fourth-order valence-electron chi connectivity index (χ4n) is 1.81. The Kier molecular flexibility index (Phi) is 3.69. The predicted molar refractivity (Wildman–Crippen MR) is 74.2 cm³/mol. The second kappa shape index (κ2) is 5.09. The van der Waals surface area contributed by atoms with E-state index in [4.69, 9.17) is 17.3 Å². The highest BCUT2D eigenvalue weighted by Crippen LogP contribution is 2.29. The number of halogens is 2. The Balaban J connectivity index is 2.55. The van der Waals surface area contributed by atoms with E-state index in [0.717, 1.165) is 16.7 Å². The number of aryl methyl sites for hydroxylation is 1. The molecule has 0 aliphatic rings. The molecule has 0 fully saturated rings. The molecule has 2 N–H and O–H groups in total. The van der Waals surface area contributed by atoms with Gasteiger partial charge in [0.2, 0.25) is 0 Å². The molecule has 0 aliphatic carbocycles. The van der Waals surface area contributed by atoms with Gasteiger partial charge in [0.1, 0.15) is 5.82 Å². The fraction of sp³-hybridized carbons (Fsp3) is 0.200. The molecule has 2 aromatic carbocycles. The van der Waals surface area contributed by atoms with E-state index in [1.165, 1.54) is 6.07 Å². The molecule has 0 bridgehead atoms. The second-order valence-electron chi connectivity index (χ2n) is 4.49. The van der Waals surface area contributed by atoms with Crippen LogP contribution in [0.1, 0.15) is 24.1 Å². The zero-order chi connectivity index (χ0) is 13.3. The molecule has 0 radical (unpaired) electrons. The highest BCUT2D eigenvalue weighted by molar-refractivity contribution is 6.31. The molecule has 3 heteroatoms. The lowest BCUT2D eigenvalue weighted by Gasteiger charge is -2.10. The van der Waals surface area contributed by atoms with Crippen molar-refractivity contribution in [1.29, 1.82) is 0 Å².